The fourth-order valence-electron chi connectivity index (χ4n) is 3.60. The Kier molecular flexibility index (Phi) is 6.93. The van der Waals surface area contributed by atoms with Gasteiger partial charge in [0.1, 0.15) is 16.7 Å². The molecule has 1 aliphatic carbocycles. The zero-order valence-corrected chi connectivity index (χ0v) is 16.6. The topological polar surface area (TPSA) is 64.6 Å². The SMILES string of the molecule is COC(=O)C1(NC(=O)C(Cl)c2ccc(OC)cc2)CCC(C(C)C)CC1. The van der Waals surface area contributed by atoms with Crippen LogP contribution in [0, 0.1) is 11.8 Å². The Morgan fingerprint density at radius 2 is 1.73 bits per heavy atom. The summed E-state index contributed by atoms with van der Waals surface area (Å²) >= 11 is 6.36. The van der Waals surface area contributed by atoms with E-state index in [0.717, 1.165) is 12.8 Å². The molecule has 6 heteroatoms. The van der Waals surface area contributed by atoms with Crippen molar-refractivity contribution in [3.63, 3.8) is 0 Å². The van der Waals surface area contributed by atoms with E-state index < -0.39 is 16.9 Å². The third-order valence-corrected chi connectivity index (χ3v) is 5.85. The molecule has 1 saturated carbocycles. The van der Waals surface area contributed by atoms with Gasteiger partial charge in [0.15, 0.2) is 0 Å². The predicted octanol–water partition coefficient (Wildman–Crippen LogP) is 3.85. The molecule has 1 atom stereocenters. The lowest BCUT2D eigenvalue weighted by molar-refractivity contribution is -0.153. The lowest BCUT2D eigenvalue weighted by Gasteiger charge is -2.40. The second-order valence-corrected chi connectivity index (χ2v) is 7.72. The summed E-state index contributed by atoms with van der Waals surface area (Å²) in [5, 5.41) is 2.01. The van der Waals surface area contributed by atoms with Gasteiger partial charge in [0.25, 0.3) is 0 Å². The standard InChI is InChI=1S/C20H28ClNO4/c1-13(2)14-9-11-20(12-10-14,19(24)26-4)22-18(23)17(21)15-5-7-16(25-3)8-6-15/h5-8,13-14,17H,9-12H2,1-4H3,(H,22,23). The summed E-state index contributed by atoms with van der Waals surface area (Å²) in [5.41, 5.74) is -0.336. The van der Waals surface area contributed by atoms with Gasteiger partial charge < -0.3 is 14.8 Å². The quantitative estimate of drug-likeness (QED) is 0.600. The normalized spacial score (nSPS) is 24.0. The maximum Gasteiger partial charge on any atom is 0.331 e. The largest absolute Gasteiger partial charge is 0.497 e. The number of esters is 1. The first-order valence-corrected chi connectivity index (χ1v) is 9.45. The molecule has 1 fully saturated rings. The predicted molar refractivity (Wildman–Crippen MR) is 101 cm³/mol. The monoisotopic (exact) mass is 381 g/mol. The van der Waals surface area contributed by atoms with Gasteiger partial charge in [-0.15, -0.1) is 11.6 Å². The van der Waals surface area contributed by atoms with Crippen LogP contribution in [0.4, 0.5) is 0 Å². The van der Waals surface area contributed by atoms with Crippen LogP contribution in [0.15, 0.2) is 24.3 Å². The van der Waals surface area contributed by atoms with Crippen molar-refractivity contribution in [2.24, 2.45) is 11.8 Å². The number of alkyl halides is 1. The Labute approximate surface area is 160 Å². The van der Waals surface area contributed by atoms with E-state index in [0.29, 0.717) is 36.0 Å². The van der Waals surface area contributed by atoms with Gasteiger partial charge in [0.2, 0.25) is 5.91 Å². The van der Waals surface area contributed by atoms with E-state index in [1.807, 2.05) is 0 Å². The smallest absolute Gasteiger partial charge is 0.331 e. The molecule has 0 aliphatic heterocycles. The molecule has 1 N–H and O–H groups in total. The van der Waals surface area contributed by atoms with Gasteiger partial charge in [-0.05, 0) is 55.2 Å². The second-order valence-electron chi connectivity index (χ2n) is 7.28. The Bertz CT molecular complexity index is 621. The molecule has 0 heterocycles. The average molecular weight is 382 g/mol. The van der Waals surface area contributed by atoms with Crippen LogP contribution in [0.1, 0.15) is 50.5 Å². The van der Waals surface area contributed by atoms with Gasteiger partial charge in [0, 0.05) is 0 Å². The third-order valence-electron chi connectivity index (χ3n) is 5.40. The number of carbonyl (C=O) groups excluding carboxylic acids is 2. The second kappa shape index (κ2) is 8.76. The average Bonchev–Trinajstić information content (AvgIpc) is 2.67. The number of hydrogen-bond donors (Lipinski definition) is 1. The van der Waals surface area contributed by atoms with E-state index in [1.54, 1.807) is 31.4 Å². The Balaban J connectivity index is 2.12. The molecule has 144 valence electrons. The number of halogens is 1. The minimum atomic E-state index is -0.989. The number of hydrogen-bond acceptors (Lipinski definition) is 4. The van der Waals surface area contributed by atoms with Gasteiger partial charge in [0.05, 0.1) is 14.2 Å². The number of benzene rings is 1. The zero-order chi connectivity index (χ0) is 19.3. The zero-order valence-electron chi connectivity index (χ0n) is 15.9. The van der Waals surface area contributed by atoms with E-state index in [9.17, 15) is 9.59 Å². The minimum Gasteiger partial charge on any atom is -0.497 e. The highest BCUT2D eigenvalue weighted by Crippen LogP contribution is 2.37. The van der Waals surface area contributed by atoms with Crippen molar-refractivity contribution < 1.29 is 19.1 Å². The minimum absolute atomic E-state index is 0.384. The molecular formula is C20H28ClNO4. The summed E-state index contributed by atoms with van der Waals surface area (Å²) < 4.78 is 10.1. The molecule has 1 amide bonds. The number of nitrogens with one attached hydrogen (secondary N) is 1. The van der Waals surface area contributed by atoms with E-state index in [4.69, 9.17) is 21.1 Å². The molecule has 0 bridgehead atoms. The van der Waals surface area contributed by atoms with Crippen molar-refractivity contribution in [2.75, 3.05) is 14.2 Å². The van der Waals surface area contributed by atoms with Gasteiger partial charge in [-0.25, -0.2) is 4.79 Å². The molecule has 26 heavy (non-hydrogen) atoms. The van der Waals surface area contributed by atoms with Crippen molar-refractivity contribution in [3.8, 4) is 5.75 Å². The van der Waals surface area contributed by atoms with E-state index >= 15 is 0 Å². The number of methoxy groups -OCH3 is 2. The molecule has 0 spiro atoms. The summed E-state index contributed by atoms with van der Waals surface area (Å²) in [6, 6.07) is 7.00. The van der Waals surface area contributed by atoms with E-state index in [-0.39, 0.29) is 5.91 Å². The summed E-state index contributed by atoms with van der Waals surface area (Å²) in [6.45, 7) is 4.37. The van der Waals surface area contributed by atoms with Crippen LogP contribution in [-0.2, 0) is 14.3 Å². The highest BCUT2D eigenvalue weighted by Gasteiger charge is 2.45. The lowest BCUT2D eigenvalue weighted by Crippen LogP contribution is -2.57. The molecule has 0 radical (unpaired) electrons. The fraction of sp³-hybridized carbons (Fsp3) is 0.600. The first kappa shape index (κ1) is 20.6. The molecule has 1 aliphatic rings. The first-order chi connectivity index (χ1) is 12.3. The molecule has 5 nitrogen and oxygen atoms in total. The fourth-order valence-corrected chi connectivity index (χ4v) is 3.80. The summed E-state index contributed by atoms with van der Waals surface area (Å²) in [5.74, 6) is 1.02. The molecule has 1 unspecified atom stereocenters. The summed E-state index contributed by atoms with van der Waals surface area (Å²) in [7, 11) is 2.93. The van der Waals surface area contributed by atoms with Crippen molar-refractivity contribution in [1.82, 2.24) is 5.32 Å². The molecular weight excluding hydrogens is 354 g/mol. The Morgan fingerprint density at radius 1 is 1.15 bits per heavy atom. The van der Waals surface area contributed by atoms with E-state index in [1.165, 1.54) is 7.11 Å². The lowest BCUT2D eigenvalue weighted by atomic mass is 9.72. The van der Waals surface area contributed by atoms with Crippen LogP contribution in [0.3, 0.4) is 0 Å². The Morgan fingerprint density at radius 3 is 2.19 bits per heavy atom. The number of rotatable bonds is 6. The van der Waals surface area contributed by atoms with Gasteiger partial charge >= 0.3 is 5.97 Å². The highest BCUT2D eigenvalue weighted by atomic mass is 35.5. The van der Waals surface area contributed by atoms with Crippen LogP contribution in [0.25, 0.3) is 0 Å². The van der Waals surface area contributed by atoms with Crippen molar-refractivity contribution in [1.29, 1.82) is 0 Å². The van der Waals surface area contributed by atoms with Crippen LogP contribution < -0.4 is 10.1 Å². The maximum absolute atomic E-state index is 12.7. The molecule has 2 rings (SSSR count). The summed E-state index contributed by atoms with van der Waals surface area (Å²) in [4.78, 5) is 25.2. The van der Waals surface area contributed by atoms with Crippen LogP contribution in [0.2, 0.25) is 0 Å². The number of carbonyl (C=O) groups is 2. The Hall–Kier alpha value is -1.75. The van der Waals surface area contributed by atoms with Crippen molar-refractivity contribution in [3.05, 3.63) is 29.8 Å². The molecule has 1 aromatic carbocycles. The highest BCUT2D eigenvalue weighted by molar-refractivity contribution is 6.31. The maximum atomic E-state index is 12.7. The first-order valence-electron chi connectivity index (χ1n) is 9.01. The summed E-state index contributed by atoms with van der Waals surface area (Å²) in [6.07, 6.45) is 2.89. The van der Waals surface area contributed by atoms with Crippen molar-refractivity contribution in [2.45, 2.75) is 50.4 Å². The molecule has 0 saturated heterocycles. The molecule has 0 aromatic heterocycles. The molecule has 1 aromatic rings. The van der Waals surface area contributed by atoms with Crippen LogP contribution in [0.5, 0.6) is 5.75 Å². The number of ether oxygens (including phenoxy) is 2. The van der Waals surface area contributed by atoms with Crippen molar-refractivity contribution >= 4 is 23.5 Å². The van der Waals surface area contributed by atoms with Gasteiger partial charge in [-0.1, -0.05) is 26.0 Å². The van der Waals surface area contributed by atoms with E-state index in [2.05, 4.69) is 19.2 Å². The van der Waals surface area contributed by atoms with Gasteiger partial charge in [-0.3, -0.25) is 4.79 Å². The third kappa shape index (κ3) is 4.50. The van der Waals surface area contributed by atoms with Crippen LogP contribution >= 0.6 is 11.6 Å². The number of amides is 1. The van der Waals surface area contributed by atoms with Crippen LogP contribution in [-0.4, -0.2) is 31.6 Å². The van der Waals surface area contributed by atoms with Gasteiger partial charge in [-0.2, -0.15) is 0 Å².